The lowest BCUT2D eigenvalue weighted by atomic mass is 9.89. The number of likely N-dealkylation sites (tertiary alicyclic amines) is 1. The first kappa shape index (κ1) is 16.8. The normalized spacial score (nSPS) is 19.6. The molecule has 0 spiro atoms. The molecule has 6 heteroatoms. The number of carboxylic acids is 1. The highest BCUT2D eigenvalue weighted by Crippen LogP contribution is 2.33. The first-order valence-corrected chi connectivity index (χ1v) is 8.08. The van der Waals surface area contributed by atoms with Crippen LogP contribution >= 0.6 is 0 Å². The summed E-state index contributed by atoms with van der Waals surface area (Å²) in [6, 6.07) is 16.5. The largest absolute Gasteiger partial charge is 0.481 e. The molecule has 3 rings (SSSR count). The summed E-state index contributed by atoms with van der Waals surface area (Å²) in [7, 11) is 0. The molecule has 2 atom stereocenters. The van der Waals surface area contributed by atoms with E-state index in [2.05, 4.69) is 0 Å². The minimum atomic E-state index is -0.916. The Morgan fingerprint density at radius 2 is 1.76 bits per heavy atom. The van der Waals surface area contributed by atoms with Crippen LogP contribution in [0.2, 0.25) is 0 Å². The SMILES string of the molecule is Nc1ccc([C@@H]2CN(C(=O)OCc3ccccc3)C[C@H]2C(=O)O)cc1. The Labute approximate surface area is 145 Å². The van der Waals surface area contributed by atoms with Crippen molar-refractivity contribution >= 4 is 17.7 Å². The van der Waals surface area contributed by atoms with E-state index >= 15 is 0 Å². The van der Waals surface area contributed by atoms with Gasteiger partial charge in [0.15, 0.2) is 0 Å². The monoisotopic (exact) mass is 340 g/mol. The van der Waals surface area contributed by atoms with Gasteiger partial charge in [-0.05, 0) is 23.3 Å². The van der Waals surface area contributed by atoms with Gasteiger partial charge >= 0.3 is 12.1 Å². The average molecular weight is 340 g/mol. The molecule has 1 amide bonds. The van der Waals surface area contributed by atoms with Crippen LogP contribution in [0, 0.1) is 5.92 Å². The van der Waals surface area contributed by atoms with Gasteiger partial charge < -0.3 is 20.5 Å². The van der Waals surface area contributed by atoms with Crippen LogP contribution in [0.25, 0.3) is 0 Å². The number of nitrogen functional groups attached to an aromatic ring is 1. The molecule has 3 N–H and O–H groups in total. The highest BCUT2D eigenvalue weighted by atomic mass is 16.6. The third kappa shape index (κ3) is 3.91. The molecule has 130 valence electrons. The summed E-state index contributed by atoms with van der Waals surface area (Å²) in [5, 5.41) is 9.50. The first-order chi connectivity index (χ1) is 12.0. The molecular formula is C19H20N2O4. The zero-order valence-corrected chi connectivity index (χ0v) is 13.7. The lowest BCUT2D eigenvalue weighted by Crippen LogP contribution is -2.30. The number of carbonyl (C=O) groups is 2. The Balaban J connectivity index is 1.68. The van der Waals surface area contributed by atoms with Crippen LogP contribution in [0.5, 0.6) is 0 Å². The Bertz CT molecular complexity index is 746. The van der Waals surface area contributed by atoms with Crippen LogP contribution in [-0.4, -0.2) is 35.2 Å². The number of carbonyl (C=O) groups excluding carboxylic acids is 1. The lowest BCUT2D eigenvalue weighted by molar-refractivity contribution is -0.141. The van der Waals surface area contributed by atoms with Crippen LogP contribution in [0.1, 0.15) is 17.0 Å². The Morgan fingerprint density at radius 1 is 1.08 bits per heavy atom. The summed E-state index contributed by atoms with van der Waals surface area (Å²) < 4.78 is 5.32. The van der Waals surface area contributed by atoms with Crippen LogP contribution in [0.15, 0.2) is 54.6 Å². The van der Waals surface area contributed by atoms with Crippen molar-refractivity contribution < 1.29 is 19.4 Å². The topological polar surface area (TPSA) is 92.9 Å². The van der Waals surface area contributed by atoms with Crippen molar-refractivity contribution in [1.29, 1.82) is 0 Å². The zero-order valence-electron chi connectivity index (χ0n) is 13.7. The molecule has 0 radical (unpaired) electrons. The third-order valence-electron chi connectivity index (χ3n) is 4.47. The Kier molecular flexibility index (Phi) is 4.88. The fourth-order valence-corrected chi connectivity index (χ4v) is 3.09. The number of rotatable bonds is 4. The average Bonchev–Trinajstić information content (AvgIpc) is 3.07. The number of ether oxygens (including phenoxy) is 1. The van der Waals surface area contributed by atoms with Gasteiger partial charge in [0.1, 0.15) is 6.61 Å². The number of carboxylic acid groups (broad SMARTS) is 1. The van der Waals surface area contributed by atoms with Gasteiger partial charge in [0.25, 0.3) is 0 Å². The second-order valence-corrected chi connectivity index (χ2v) is 6.16. The molecule has 0 saturated carbocycles. The minimum Gasteiger partial charge on any atom is -0.481 e. The molecule has 1 aliphatic heterocycles. The fourth-order valence-electron chi connectivity index (χ4n) is 3.09. The number of nitrogens with two attached hydrogens (primary N) is 1. The van der Waals surface area contributed by atoms with Gasteiger partial charge in [-0.3, -0.25) is 4.79 Å². The lowest BCUT2D eigenvalue weighted by Gasteiger charge is -2.16. The summed E-state index contributed by atoms with van der Waals surface area (Å²) in [6.45, 7) is 0.618. The Morgan fingerprint density at radius 3 is 2.40 bits per heavy atom. The molecule has 0 aromatic heterocycles. The maximum absolute atomic E-state index is 12.3. The summed E-state index contributed by atoms with van der Waals surface area (Å²) in [4.78, 5) is 25.4. The van der Waals surface area contributed by atoms with Crippen LogP contribution < -0.4 is 5.73 Å². The van der Waals surface area contributed by atoms with Crippen LogP contribution in [0.4, 0.5) is 10.5 Å². The molecule has 0 unspecified atom stereocenters. The summed E-state index contributed by atoms with van der Waals surface area (Å²) in [5.74, 6) is -1.85. The molecule has 0 aliphatic carbocycles. The second kappa shape index (κ2) is 7.25. The summed E-state index contributed by atoms with van der Waals surface area (Å²) in [5.41, 5.74) is 8.06. The molecule has 1 fully saturated rings. The highest BCUT2D eigenvalue weighted by molar-refractivity contribution is 5.75. The van der Waals surface area contributed by atoms with E-state index in [4.69, 9.17) is 10.5 Å². The molecule has 25 heavy (non-hydrogen) atoms. The van der Waals surface area contributed by atoms with Crippen molar-refractivity contribution in [2.75, 3.05) is 18.8 Å². The standard InChI is InChI=1S/C19H20N2O4/c20-15-8-6-14(7-9-15)16-10-21(11-17(16)18(22)23)19(24)25-12-13-4-2-1-3-5-13/h1-9,16-17H,10-12,20H2,(H,22,23)/t16-,17+/m0/s1. The first-order valence-electron chi connectivity index (χ1n) is 8.08. The van der Waals surface area contributed by atoms with E-state index < -0.39 is 18.0 Å². The maximum atomic E-state index is 12.3. The van der Waals surface area contributed by atoms with E-state index in [0.717, 1.165) is 11.1 Å². The zero-order chi connectivity index (χ0) is 17.8. The quantitative estimate of drug-likeness (QED) is 0.835. The van der Waals surface area contributed by atoms with E-state index in [9.17, 15) is 14.7 Å². The van der Waals surface area contributed by atoms with Gasteiger partial charge in [0.2, 0.25) is 0 Å². The predicted octanol–water partition coefficient (Wildman–Crippen LogP) is 2.71. The molecule has 1 saturated heterocycles. The number of benzene rings is 2. The van der Waals surface area contributed by atoms with Crippen molar-refractivity contribution in [2.45, 2.75) is 12.5 Å². The van der Waals surface area contributed by atoms with Gasteiger partial charge in [-0.25, -0.2) is 4.79 Å². The van der Waals surface area contributed by atoms with Crippen molar-refractivity contribution in [3.63, 3.8) is 0 Å². The van der Waals surface area contributed by atoms with E-state index in [1.165, 1.54) is 4.90 Å². The van der Waals surface area contributed by atoms with E-state index in [1.807, 2.05) is 42.5 Å². The number of aliphatic carboxylic acids is 1. The Hall–Kier alpha value is -3.02. The van der Waals surface area contributed by atoms with E-state index in [0.29, 0.717) is 12.2 Å². The van der Waals surface area contributed by atoms with Crippen molar-refractivity contribution in [1.82, 2.24) is 4.90 Å². The van der Waals surface area contributed by atoms with Gasteiger partial charge in [-0.2, -0.15) is 0 Å². The fraction of sp³-hybridized carbons (Fsp3) is 0.263. The number of nitrogens with zero attached hydrogens (tertiary/aromatic N) is 1. The molecule has 2 aromatic carbocycles. The molecule has 0 bridgehead atoms. The highest BCUT2D eigenvalue weighted by Gasteiger charge is 2.41. The van der Waals surface area contributed by atoms with Gasteiger partial charge in [-0.15, -0.1) is 0 Å². The van der Waals surface area contributed by atoms with E-state index in [1.54, 1.807) is 12.1 Å². The van der Waals surface area contributed by atoms with Gasteiger partial charge in [0, 0.05) is 24.7 Å². The van der Waals surface area contributed by atoms with Gasteiger partial charge in [0.05, 0.1) is 5.92 Å². The number of hydrogen-bond acceptors (Lipinski definition) is 4. The predicted molar refractivity (Wildman–Crippen MR) is 92.9 cm³/mol. The number of hydrogen-bond donors (Lipinski definition) is 2. The van der Waals surface area contributed by atoms with Crippen molar-refractivity contribution in [3.05, 3.63) is 65.7 Å². The molecule has 6 nitrogen and oxygen atoms in total. The molecular weight excluding hydrogens is 320 g/mol. The van der Waals surface area contributed by atoms with Crippen molar-refractivity contribution in [3.8, 4) is 0 Å². The molecule has 1 heterocycles. The number of anilines is 1. The van der Waals surface area contributed by atoms with Crippen molar-refractivity contribution in [2.24, 2.45) is 5.92 Å². The summed E-state index contributed by atoms with van der Waals surface area (Å²) in [6.07, 6.45) is -0.493. The molecule has 2 aromatic rings. The van der Waals surface area contributed by atoms with Crippen LogP contribution in [-0.2, 0) is 16.1 Å². The summed E-state index contributed by atoms with van der Waals surface area (Å²) >= 11 is 0. The third-order valence-corrected chi connectivity index (χ3v) is 4.47. The number of amides is 1. The smallest absolute Gasteiger partial charge is 0.410 e. The van der Waals surface area contributed by atoms with Crippen LogP contribution in [0.3, 0.4) is 0 Å². The maximum Gasteiger partial charge on any atom is 0.410 e. The minimum absolute atomic E-state index is 0.137. The van der Waals surface area contributed by atoms with E-state index in [-0.39, 0.29) is 19.1 Å². The second-order valence-electron chi connectivity index (χ2n) is 6.16. The van der Waals surface area contributed by atoms with Gasteiger partial charge in [-0.1, -0.05) is 42.5 Å². The molecule has 1 aliphatic rings.